The molecule has 0 saturated carbocycles. The third-order valence-electron chi connectivity index (χ3n) is 3.80. The highest BCUT2D eigenvalue weighted by molar-refractivity contribution is 7.89. The van der Waals surface area contributed by atoms with Crippen molar-refractivity contribution in [3.8, 4) is 0 Å². The molecule has 0 amide bonds. The molecule has 1 unspecified atom stereocenters. The van der Waals surface area contributed by atoms with Crippen LogP contribution < -0.4 is 5.32 Å². The van der Waals surface area contributed by atoms with E-state index in [0.29, 0.717) is 29.6 Å². The number of rotatable bonds is 4. The SMILES string of the molecule is Cc1[nH]ncc1S(=O)(=O)N1CCCC(CNC(C)(C)C)C1. The van der Waals surface area contributed by atoms with Crippen molar-refractivity contribution in [2.24, 2.45) is 5.92 Å². The fraction of sp³-hybridized carbons (Fsp3) is 0.786. The van der Waals surface area contributed by atoms with E-state index in [2.05, 4.69) is 36.3 Å². The maximum absolute atomic E-state index is 12.7. The number of aromatic nitrogens is 2. The van der Waals surface area contributed by atoms with E-state index in [-0.39, 0.29) is 5.54 Å². The second kappa shape index (κ2) is 6.06. The molecule has 2 heterocycles. The summed E-state index contributed by atoms with van der Waals surface area (Å²) in [5.41, 5.74) is 0.660. The first-order valence-corrected chi connectivity index (χ1v) is 8.89. The number of piperidine rings is 1. The lowest BCUT2D eigenvalue weighted by Gasteiger charge is -2.33. The van der Waals surface area contributed by atoms with Crippen LogP contribution in [0.2, 0.25) is 0 Å². The number of aromatic amines is 1. The number of nitrogens with zero attached hydrogens (tertiary/aromatic N) is 2. The Morgan fingerprint density at radius 3 is 2.76 bits per heavy atom. The maximum atomic E-state index is 12.7. The van der Waals surface area contributed by atoms with Crippen molar-refractivity contribution >= 4 is 10.0 Å². The molecule has 2 N–H and O–H groups in total. The number of H-pyrrole nitrogens is 1. The molecule has 1 fully saturated rings. The van der Waals surface area contributed by atoms with E-state index in [0.717, 1.165) is 19.4 Å². The molecule has 7 heteroatoms. The smallest absolute Gasteiger partial charge is 0.246 e. The molecule has 0 radical (unpaired) electrons. The Morgan fingerprint density at radius 1 is 1.48 bits per heavy atom. The summed E-state index contributed by atoms with van der Waals surface area (Å²) in [6, 6.07) is 0. The Hall–Kier alpha value is -0.920. The van der Waals surface area contributed by atoms with Crippen LogP contribution in [0.15, 0.2) is 11.1 Å². The van der Waals surface area contributed by atoms with Gasteiger partial charge in [0.1, 0.15) is 4.90 Å². The number of hydrogen-bond acceptors (Lipinski definition) is 4. The van der Waals surface area contributed by atoms with Crippen molar-refractivity contribution in [3.63, 3.8) is 0 Å². The molecule has 1 aromatic heterocycles. The van der Waals surface area contributed by atoms with Gasteiger partial charge in [-0.25, -0.2) is 8.42 Å². The standard InChI is InChI=1S/C14H26N4O2S/c1-11-13(9-16-17-11)21(19,20)18-7-5-6-12(10-18)8-15-14(2,3)4/h9,12,15H,5-8,10H2,1-4H3,(H,16,17). The van der Waals surface area contributed by atoms with Crippen molar-refractivity contribution in [2.75, 3.05) is 19.6 Å². The van der Waals surface area contributed by atoms with Gasteiger partial charge in [-0.1, -0.05) is 0 Å². The molecule has 0 spiro atoms. The van der Waals surface area contributed by atoms with Crippen LogP contribution in [0.5, 0.6) is 0 Å². The van der Waals surface area contributed by atoms with Gasteiger partial charge in [-0.05, 0) is 53.0 Å². The molecule has 21 heavy (non-hydrogen) atoms. The summed E-state index contributed by atoms with van der Waals surface area (Å²) in [6.45, 7) is 10.1. The van der Waals surface area contributed by atoms with Crippen LogP contribution in [0.25, 0.3) is 0 Å². The molecule has 1 saturated heterocycles. The molecule has 1 aromatic rings. The Balaban J connectivity index is 2.06. The predicted octanol–water partition coefficient (Wildman–Crippen LogP) is 1.51. The first-order chi connectivity index (χ1) is 9.70. The quantitative estimate of drug-likeness (QED) is 0.883. The first-order valence-electron chi connectivity index (χ1n) is 7.45. The molecule has 1 aliphatic rings. The largest absolute Gasteiger partial charge is 0.312 e. The van der Waals surface area contributed by atoms with Gasteiger partial charge in [0.25, 0.3) is 0 Å². The lowest BCUT2D eigenvalue weighted by atomic mass is 9.98. The predicted molar refractivity (Wildman–Crippen MR) is 82.6 cm³/mol. The molecule has 120 valence electrons. The van der Waals surface area contributed by atoms with Crippen LogP contribution in [0.1, 0.15) is 39.3 Å². The number of nitrogens with one attached hydrogen (secondary N) is 2. The molecule has 1 aliphatic heterocycles. The summed E-state index contributed by atoms with van der Waals surface area (Å²) in [5.74, 6) is 0.361. The normalized spacial score (nSPS) is 21.6. The Kier molecular flexibility index (Phi) is 4.75. The lowest BCUT2D eigenvalue weighted by molar-refractivity contribution is 0.245. The fourth-order valence-corrected chi connectivity index (χ4v) is 4.27. The van der Waals surface area contributed by atoms with Crippen molar-refractivity contribution in [1.29, 1.82) is 0 Å². The Bertz CT molecular complexity index is 574. The zero-order chi connectivity index (χ0) is 15.7. The molecule has 0 aromatic carbocycles. The molecule has 0 aliphatic carbocycles. The number of aryl methyl sites for hydroxylation is 1. The van der Waals surface area contributed by atoms with Crippen LogP contribution in [0.3, 0.4) is 0 Å². The number of sulfonamides is 1. The topological polar surface area (TPSA) is 78.1 Å². The Morgan fingerprint density at radius 2 is 2.19 bits per heavy atom. The van der Waals surface area contributed by atoms with Gasteiger partial charge >= 0.3 is 0 Å². The van der Waals surface area contributed by atoms with Crippen molar-refractivity contribution in [1.82, 2.24) is 19.8 Å². The van der Waals surface area contributed by atoms with Gasteiger partial charge in [0.05, 0.1) is 11.9 Å². The van der Waals surface area contributed by atoms with E-state index < -0.39 is 10.0 Å². The summed E-state index contributed by atoms with van der Waals surface area (Å²) >= 11 is 0. The minimum absolute atomic E-state index is 0.0578. The van der Waals surface area contributed by atoms with Gasteiger partial charge in [-0.2, -0.15) is 9.40 Å². The molecule has 0 bridgehead atoms. The summed E-state index contributed by atoms with van der Waals surface area (Å²) in [7, 11) is -3.42. The van der Waals surface area contributed by atoms with Gasteiger partial charge in [0.15, 0.2) is 0 Å². The van der Waals surface area contributed by atoms with Crippen LogP contribution in [0.4, 0.5) is 0 Å². The molecule has 2 rings (SSSR count). The summed E-state index contributed by atoms with van der Waals surface area (Å²) in [4.78, 5) is 0.298. The van der Waals surface area contributed by atoms with E-state index in [4.69, 9.17) is 0 Å². The molecular formula is C14H26N4O2S. The third kappa shape index (κ3) is 4.05. The maximum Gasteiger partial charge on any atom is 0.246 e. The third-order valence-corrected chi connectivity index (χ3v) is 5.78. The van der Waals surface area contributed by atoms with Crippen LogP contribution in [-0.4, -0.2) is 48.1 Å². The van der Waals surface area contributed by atoms with Crippen LogP contribution in [0, 0.1) is 12.8 Å². The van der Waals surface area contributed by atoms with Crippen LogP contribution in [-0.2, 0) is 10.0 Å². The van der Waals surface area contributed by atoms with Crippen molar-refractivity contribution < 1.29 is 8.42 Å². The van der Waals surface area contributed by atoms with E-state index in [1.165, 1.54) is 6.20 Å². The summed E-state index contributed by atoms with van der Waals surface area (Å²) in [6.07, 6.45) is 3.38. The zero-order valence-electron chi connectivity index (χ0n) is 13.3. The monoisotopic (exact) mass is 314 g/mol. The summed E-state index contributed by atoms with van der Waals surface area (Å²) in [5, 5.41) is 10.00. The highest BCUT2D eigenvalue weighted by Gasteiger charge is 2.32. The van der Waals surface area contributed by atoms with Gasteiger partial charge < -0.3 is 5.32 Å². The average Bonchev–Trinajstić information content (AvgIpc) is 2.83. The van der Waals surface area contributed by atoms with Crippen molar-refractivity contribution in [2.45, 2.75) is 51.0 Å². The molecular weight excluding hydrogens is 288 g/mol. The average molecular weight is 314 g/mol. The van der Waals surface area contributed by atoms with Gasteiger partial charge in [0.2, 0.25) is 10.0 Å². The minimum Gasteiger partial charge on any atom is -0.312 e. The van der Waals surface area contributed by atoms with E-state index in [9.17, 15) is 8.42 Å². The second-order valence-electron chi connectivity index (χ2n) is 6.86. The fourth-order valence-electron chi connectivity index (χ4n) is 2.60. The number of hydrogen-bond donors (Lipinski definition) is 2. The van der Waals surface area contributed by atoms with E-state index >= 15 is 0 Å². The van der Waals surface area contributed by atoms with E-state index in [1.54, 1.807) is 11.2 Å². The van der Waals surface area contributed by atoms with Gasteiger partial charge in [0, 0.05) is 18.6 Å². The summed E-state index contributed by atoms with van der Waals surface area (Å²) < 4.78 is 26.9. The van der Waals surface area contributed by atoms with E-state index in [1.807, 2.05) is 0 Å². The molecule has 1 atom stereocenters. The zero-order valence-corrected chi connectivity index (χ0v) is 14.1. The highest BCUT2D eigenvalue weighted by atomic mass is 32.2. The minimum atomic E-state index is -3.42. The highest BCUT2D eigenvalue weighted by Crippen LogP contribution is 2.24. The first kappa shape index (κ1) is 16.5. The second-order valence-corrected chi connectivity index (χ2v) is 8.77. The van der Waals surface area contributed by atoms with Gasteiger partial charge in [-0.15, -0.1) is 0 Å². The Labute approximate surface area is 127 Å². The van der Waals surface area contributed by atoms with Gasteiger partial charge in [-0.3, -0.25) is 5.10 Å². The van der Waals surface area contributed by atoms with Crippen molar-refractivity contribution in [3.05, 3.63) is 11.9 Å². The molecule has 6 nitrogen and oxygen atoms in total. The van der Waals surface area contributed by atoms with Crippen LogP contribution >= 0.6 is 0 Å². The lowest BCUT2D eigenvalue weighted by Crippen LogP contribution is -2.46.